The normalized spacial score (nSPS) is 10.7. The Morgan fingerprint density at radius 1 is 0.800 bits per heavy atom. The maximum atomic E-state index is 12.9. The Morgan fingerprint density at radius 2 is 1.30 bits per heavy atom. The summed E-state index contributed by atoms with van der Waals surface area (Å²) in [7, 11) is 2.15. The molecule has 0 heterocycles. The molecular weight excluding hydrogens is 400 g/mol. The number of hydrogen-bond donors (Lipinski definition) is 2. The number of nitrogens with zero attached hydrogens (tertiary/aromatic N) is 1. The minimum Gasteiger partial charge on any atom is -0.478 e. The molecule has 0 unspecified atom stereocenters. The van der Waals surface area contributed by atoms with Crippen molar-refractivity contribution in [2.45, 2.75) is 0 Å². The van der Waals surface area contributed by atoms with Crippen molar-refractivity contribution in [2.75, 3.05) is 14.2 Å². The number of benzene rings is 2. The summed E-state index contributed by atoms with van der Waals surface area (Å²) in [5, 5.41) is 12.5. The predicted octanol–water partition coefficient (Wildman–Crippen LogP) is 2.22. The van der Waals surface area contributed by atoms with Crippen LogP contribution in [-0.4, -0.2) is 49.1 Å². The number of carboxylic acids is 1. The summed E-state index contributed by atoms with van der Waals surface area (Å²) in [4.78, 5) is 46.7. The molecular formula is C19H16N2O9. The van der Waals surface area contributed by atoms with Gasteiger partial charge in [0.25, 0.3) is 0 Å². The molecule has 0 spiro atoms. The summed E-state index contributed by atoms with van der Waals surface area (Å²) in [6.07, 6.45) is -2.20. The van der Waals surface area contributed by atoms with Crippen LogP contribution in [-0.2, 0) is 9.47 Å². The molecule has 156 valence electrons. The van der Waals surface area contributed by atoms with Crippen LogP contribution in [0.5, 0.6) is 11.5 Å². The van der Waals surface area contributed by atoms with Crippen molar-refractivity contribution in [1.82, 2.24) is 0 Å². The first-order chi connectivity index (χ1) is 14.3. The Kier molecular flexibility index (Phi) is 7.06. The van der Waals surface area contributed by atoms with Gasteiger partial charge < -0.3 is 29.9 Å². The SMILES string of the molecule is COC(=O)Oc1ccc(C(=O)C(=NN)c2ccc(C(=O)O)cc2)cc1OC(=O)OC. The van der Waals surface area contributed by atoms with E-state index in [1.54, 1.807) is 0 Å². The molecule has 30 heavy (non-hydrogen) atoms. The van der Waals surface area contributed by atoms with E-state index in [4.69, 9.17) is 20.4 Å². The minimum absolute atomic E-state index is 0.0145. The topological polar surface area (TPSA) is 164 Å². The number of aromatic carboxylic acids is 1. The zero-order chi connectivity index (χ0) is 22.3. The van der Waals surface area contributed by atoms with Crippen LogP contribution in [0.15, 0.2) is 47.6 Å². The first-order valence-corrected chi connectivity index (χ1v) is 8.12. The molecule has 0 aromatic heterocycles. The van der Waals surface area contributed by atoms with Crippen molar-refractivity contribution < 1.29 is 43.2 Å². The lowest BCUT2D eigenvalue weighted by atomic mass is 9.99. The minimum atomic E-state index is -1.13. The van der Waals surface area contributed by atoms with Gasteiger partial charge in [0.15, 0.2) is 11.5 Å². The summed E-state index contributed by atoms with van der Waals surface area (Å²) >= 11 is 0. The fraction of sp³-hybridized carbons (Fsp3) is 0.105. The summed E-state index contributed by atoms with van der Waals surface area (Å²) in [5.41, 5.74) is 0.0775. The van der Waals surface area contributed by atoms with Crippen molar-refractivity contribution in [1.29, 1.82) is 0 Å². The lowest BCUT2D eigenvalue weighted by molar-refractivity contribution is 0.0696. The third-order valence-corrected chi connectivity index (χ3v) is 3.68. The second-order valence-electron chi connectivity index (χ2n) is 5.46. The van der Waals surface area contributed by atoms with Crippen LogP contribution in [0, 0.1) is 0 Å². The van der Waals surface area contributed by atoms with Gasteiger partial charge in [-0.05, 0) is 30.3 Å². The Labute approximate surface area is 169 Å². The highest BCUT2D eigenvalue weighted by molar-refractivity contribution is 6.51. The molecule has 0 saturated carbocycles. The van der Waals surface area contributed by atoms with Gasteiger partial charge in [-0.25, -0.2) is 14.4 Å². The van der Waals surface area contributed by atoms with E-state index >= 15 is 0 Å². The smallest absolute Gasteiger partial charge is 0.478 e. The molecule has 2 aromatic carbocycles. The molecule has 0 aliphatic carbocycles. The molecule has 0 amide bonds. The number of carboxylic acid groups (broad SMARTS) is 1. The highest BCUT2D eigenvalue weighted by Gasteiger charge is 2.21. The number of hydrazone groups is 1. The highest BCUT2D eigenvalue weighted by atomic mass is 16.7. The van der Waals surface area contributed by atoms with Gasteiger partial charge in [0.05, 0.1) is 19.8 Å². The quantitative estimate of drug-likeness (QED) is 0.178. The monoisotopic (exact) mass is 416 g/mol. The number of ketones is 1. The molecule has 2 aromatic rings. The van der Waals surface area contributed by atoms with Crippen molar-refractivity contribution in [3.8, 4) is 11.5 Å². The molecule has 2 rings (SSSR count). The second-order valence-corrected chi connectivity index (χ2v) is 5.46. The van der Waals surface area contributed by atoms with Gasteiger partial charge >= 0.3 is 18.3 Å². The van der Waals surface area contributed by atoms with Gasteiger partial charge in [-0.3, -0.25) is 4.79 Å². The number of rotatable bonds is 6. The van der Waals surface area contributed by atoms with Crippen LogP contribution in [0.4, 0.5) is 9.59 Å². The third kappa shape index (κ3) is 5.10. The maximum Gasteiger partial charge on any atom is 0.513 e. The fourth-order valence-electron chi connectivity index (χ4n) is 2.25. The summed E-state index contributed by atoms with van der Waals surface area (Å²) in [6, 6.07) is 8.91. The Hall–Kier alpha value is -4.41. The number of methoxy groups -OCH3 is 2. The van der Waals surface area contributed by atoms with Gasteiger partial charge in [0.1, 0.15) is 5.71 Å². The number of hydrogen-bond acceptors (Lipinski definition) is 10. The zero-order valence-corrected chi connectivity index (χ0v) is 15.8. The lowest BCUT2D eigenvalue weighted by Crippen LogP contribution is -2.19. The molecule has 0 aliphatic heterocycles. The largest absolute Gasteiger partial charge is 0.513 e. The number of Topliss-reactive ketones (excluding diaryl/α,β-unsaturated/α-hetero) is 1. The number of carbonyl (C=O) groups excluding carboxylic acids is 3. The summed E-state index contributed by atoms with van der Waals surface area (Å²) in [6.45, 7) is 0. The zero-order valence-electron chi connectivity index (χ0n) is 15.8. The molecule has 11 heteroatoms. The average Bonchev–Trinajstić information content (AvgIpc) is 2.75. The maximum absolute atomic E-state index is 12.9. The molecule has 0 atom stereocenters. The van der Waals surface area contributed by atoms with Gasteiger partial charge in [0, 0.05) is 11.1 Å². The average molecular weight is 416 g/mol. The lowest BCUT2D eigenvalue weighted by Gasteiger charge is -2.11. The van der Waals surface area contributed by atoms with Crippen LogP contribution in [0.3, 0.4) is 0 Å². The first kappa shape index (κ1) is 21.9. The summed E-state index contributed by atoms with van der Waals surface area (Å²) < 4.78 is 18.6. The van der Waals surface area contributed by atoms with E-state index in [9.17, 15) is 19.2 Å². The Balaban J connectivity index is 2.41. The van der Waals surface area contributed by atoms with E-state index in [1.165, 1.54) is 36.4 Å². The van der Waals surface area contributed by atoms with E-state index < -0.39 is 24.1 Å². The molecule has 0 radical (unpaired) electrons. The highest BCUT2D eigenvalue weighted by Crippen LogP contribution is 2.30. The third-order valence-electron chi connectivity index (χ3n) is 3.68. The number of nitrogens with two attached hydrogens (primary N) is 1. The second kappa shape index (κ2) is 9.68. The van der Waals surface area contributed by atoms with Crippen molar-refractivity contribution >= 4 is 29.8 Å². The molecule has 11 nitrogen and oxygen atoms in total. The molecule has 0 aliphatic rings. The van der Waals surface area contributed by atoms with Crippen molar-refractivity contribution in [2.24, 2.45) is 10.9 Å². The van der Waals surface area contributed by atoms with Gasteiger partial charge in [-0.1, -0.05) is 12.1 Å². The van der Waals surface area contributed by atoms with Crippen LogP contribution >= 0.6 is 0 Å². The van der Waals surface area contributed by atoms with Crippen LogP contribution in [0.25, 0.3) is 0 Å². The first-order valence-electron chi connectivity index (χ1n) is 8.12. The van der Waals surface area contributed by atoms with Gasteiger partial charge in [-0.2, -0.15) is 5.10 Å². The van der Waals surface area contributed by atoms with E-state index in [2.05, 4.69) is 14.6 Å². The van der Waals surface area contributed by atoms with Gasteiger partial charge in [0.2, 0.25) is 5.78 Å². The Morgan fingerprint density at radius 3 is 1.80 bits per heavy atom. The molecule has 0 saturated heterocycles. The van der Waals surface area contributed by atoms with Gasteiger partial charge in [-0.15, -0.1) is 0 Å². The Bertz CT molecular complexity index is 1010. The molecule has 3 N–H and O–H groups in total. The molecule has 0 fully saturated rings. The number of ether oxygens (including phenoxy) is 4. The van der Waals surface area contributed by atoms with Crippen molar-refractivity contribution in [3.63, 3.8) is 0 Å². The van der Waals surface area contributed by atoms with E-state index in [0.29, 0.717) is 0 Å². The standard InChI is InChI=1S/C19H16N2O9/c1-27-18(25)29-13-8-7-12(9-14(13)30-19(26)28-2)16(22)15(21-20)10-3-5-11(6-4-10)17(23)24/h3-9H,20H2,1-2H3,(H,23,24). The predicted molar refractivity (Wildman–Crippen MR) is 101 cm³/mol. The van der Waals surface area contributed by atoms with Crippen LogP contribution in [0.1, 0.15) is 26.3 Å². The van der Waals surface area contributed by atoms with Crippen molar-refractivity contribution in [3.05, 3.63) is 59.2 Å². The van der Waals surface area contributed by atoms with E-state index in [0.717, 1.165) is 20.3 Å². The van der Waals surface area contributed by atoms with Crippen LogP contribution < -0.4 is 15.3 Å². The molecule has 0 bridgehead atoms. The summed E-state index contributed by atoms with van der Waals surface area (Å²) in [5.74, 6) is 3.05. The van der Waals surface area contributed by atoms with E-state index in [-0.39, 0.29) is 33.9 Å². The van der Waals surface area contributed by atoms with Crippen LogP contribution in [0.2, 0.25) is 0 Å². The fourth-order valence-corrected chi connectivity index (χ4v) is 2.25. The van der Waals surface area contributed by atoms with E-state index in [1.807, 2.05) is 0 Å². The number of carbonyl (C=O) groups is 4.